The van der Waals surface area contributed by atoms with Crippen LogP contribution in [-0.4, -0.2) is 9.55 Å². The number of imidazole rings is 1. The second-order valence-corrected chi connectivity index (χ2v) is 11.3. The van der Waals surface area contributed by atoms with Crippen LogP contribution in [0.1, 0.15) is 11.1 Å². The minimum atomic E-state index is 0.833. The van der Waals surface area contributed by atoms with E-state index in [1.807, 2.05) is 24.3 Å². The maximum Gasteiger partial charge on any atom is 0.149 e. The first-order valence-corrected chi connectivity index (χ1v) is 14.6. The van der Waals surface area contributed by atoms with Crippen molar-refractivity contribution >= 4 is 54.9 Å². The molecule has 4 heteroatoms. The quantitative estimate of drug-likeness (QED) is 0.218. The molecule has 0 atom stereocenters. The Labute approximate surface area is 247 Å². The number of benzene rings is 6. The van der Waals surface area contributed by atoms with Crippen LogP contribution in [0.5, 0.6) is 0 Å². The molecular weight excluding hydrogens is 528 g/mol. The Kier molecular flexibility index (Phi) is 5.00. The number of rotatable bonds is 3. The first kappa shape index (κ1) is 24.0. The van der Waals surface area contributed by atoms with Crippen LogP contribution in [-0.2, 0) is 0 Å². The normalized spacial score (nSPS) is 12.0. The highest BCUT2D eigenvalue weighted by Gasteiger charge is 2.23. The maximum atomic E-state index is 6.69. The molecule has 0 bridgehead atoms. The second-order valence-electron chi connectivity index (χ2n) is 11.3. The van der Waals surface area contributed by atoms with Crippen molar-refractivity contribution in [2.45, 2.75) is 13.8 Å². The topological polar surface area (TPSA) is 44.1 Å². The van der Waals surface area contributed by atoms with Crippen molar-refractivity contribution in [2.24, 2.45) is 0 Å². The highest BCUT2D eigenvalue weighted by molar-refractivity contribution is 6.11. The third kappa shape index (κ3) is 3.47. The molecule has 9 rings (SSSR count). The number of aromatic nitrogens is 2. The molecule has 0 saturated carbocycles. The summed E-state index contributed by atoms with van der Waals surface area (Å²) in [7, 11) is 0. The van der Waals surface area contributed by atoms with Gasteiger partial charge in [-0.15, -0.1) is 0 Å². The summed E-state index contributed by atoms with van der Waals surface area (Å²) >= 11 is 0. The third-order valence-electron chi connectivity index (χ3n) is 8.70. The largest absolute Gasteiger partial charge is 0.456 e. The average Bonchev–Trinajstić information content (AvgIpc) is 3.73. The first-order chi connectivity index (χ1) is 21.2. The minimum Gasteiger partial charge on any atom is -0.456 e. The highest BCUT2D eigenvalue weighted by atomic mass is 16.3. The Morgan fingerprint density at radius 3 is 2.21 bits per heavy atom. The Balaban J connectivity index is 1.33. The van der Waals surface area contributed by atoms with E-state index in [-0.39, 0.29) is 0 Å². The Bertz CT molecular complexity index is 2530. The van der Waals surface area contributed by atoms with E-state index in [0.29, 0.717) is 0 Å². The van der Waals surface area contributed by atoms with Gasteiger partial charge in [-0.25, -0.2) is 4.98 Å². The summed E-state index contributed by atoms with van der Waals surface area (Å²) in [5, 5.41) is 4.43. The molecule has 0 N–H and O–H groups in total. The van der Waals surface area contributed by atoms with Crippen molar-refractivity contribution in [3.05, 3.63) is 132 Å². The smallest absolute Gasteiger partial charge is 0.149 e. The fourth-order valence-electron chi connectivity index (χ4n) is 6.74. The lowest BCUT2D eigenvalue weighted by Gasteiger charge is -2.16. The molecule has 0 aliphatic carbocycles. The van der Waals surface area contributed by atoms with Crippen molar-refractivity contribution in [2.75, 3.05) is 0 Å². The van der Waals surface area contributed by atoms with Crippen LogP contribution in [0.2, 0.25) is 0 Å². The van der Waals surface area contributed by atoms with E-state index < -0.39 is 0 Å². The molecule has 0 saturated heterocycles. The van der Waals surface area contributed by atoms with Gasteiger partial charge in [0.05, 0.1) is 22.3 Å². The van der Waals surface area contributed by atoms with E-state index in [4.69, 9.17) is 13.8 Å². The van der Waals surface area contributed by atoms with Crippen molar-refractivity contribution in [1.29, 1.82) is 0 Å². The van der Waals surface area contributed by atoms with Gasteiger partial charge in [0.2, 0.25) is 0 Å². The van der Waals surface area contributed by atoms with Gasteiger partial charge in [-0.1, -0.05) is 78.9 Å². The van der Waals surface area contributed by atoms with Crippen LogP contribution in [0, 0.1) is 13.8 Å². The number of aryl methyl sites for hydroxylation is 2. The van der Waals surface area contributed by atoms with E-state index >= 15 is 0 Å². The molecule has 0 radical (unpaired) electrons. The van der Waals surface area contributed by atoms with Gasteiger partial charge in [0.15, 0.2) is 0 Å². The molecule has 3 heterocycles. The Morgan fingerprint density at radius 1 is 0.558 bits per heavy atom. The summed E-state index contributed by atoms with van der Waals surface area (Å²) < 4.78 is 15.4. The molecule has 204 valence electrons. The number of para-hydroxylation sites is 4. The summed E-state index contributed by atoms with van der Waals surface area (Å²) in [6, 6.07) is 42.1. The van der Waals surface area contributed by atoms with Crippen LogP contribution in [0.15, 0.2) is 130 Å². The minimum absolute atomic E-state index is 0.833. The van der Waals surface area contributed by atoms with Crippen LogP contribution in [0.3, 0.4) is 0 Å². The monoisotopic (exact) mass is 554 g/mol. The fourth-order valence-corrected chi connectivity index (χ4v) is 6.74. The molecule has 0 spiro atoms. The van der Waals surface area contributed by atoms with Crippen LogP contribution in [0.25, 0.3) is 83.1 Å². The summed E-state index contributed by atoms with van der Waals surface area (Å²) in [4.78, 5) is 5.22. The van der Waals surface area contributed by atoms with Gasteiger partial charge in [-0.3, -0.25) is 4.57 Å². The zero-order chi connectivity index (χ0) is 28.7. The van der Waals surface area contributed by atoms with Gasteiger partial charge < -0.3 is 8.83 Å². The lowest BCUT2D eigenvalue weighted by molar-refractivity contribution is 0.665. The average molecular weight is 555 g/mol. The van der Waals surface area contributed by atoms with E-state index in [0.717, 1.165) is 88.7 Å². The van der Waals surface area contributed by atoms with Crippen LogP contribution in [0.4, 0.5) is 0 Å². The van der Waals surface area contributed by atoms with Gasteiger partial charge >= 0.3 is 0 Å². The van der Waals surface area contributed by atoms with Gasteiger partial charge in [-0.2, -0.15) is 0 Å². The predicted molar refractivity (Wildman–Crippen MR) is 176 cm³/mol. The molecule has 0 unspecified atom stereocenters. The molecule has 0 fully saturated rings. The number of hydrogen-bond acceptors (Lipinski definition) is 3. The fraction of sp³-hybridized carbons (Fsp3) is 0.0513. The summed E-state index contributed by atoms with van der Waals surface area (Å²) in [5.41, 5.74) is 12.0. The highest BCUT2D eigenvalue weighted by Crippen LogP contribution is 2.42. The van der Waals surface area contributed by atoms with Crippen molar-refractivity contribution in [3.8, 4) is 28.2 Å². The van der Waals surface area contributed by atoms with E-state index in [1.165, 1.54) is 5.56 Å². The van der Waals surface area contributed by atoms with Crippen molar-refractivity contribution in [3.63, 3.8) is 0 Å². The Morgan fingerprint density at radius 2 is 1.30 bits per heavy atom. The molecule has 6 aromatic carbocycles. The third-order valence-corrected chi connectivity index (χ3v) is 8.70. The van der Waals surface area contributed by atoms with Crippen molar-refractivity contribution < 1.29 is 8.83 Å². The molecule has 4 nitrogen and oxygen atoms in total. The van der Waals surface area contributed by atoms with Crippen LogP contribution < -0.4 is 0 Å². The second kappa shape index (κ2) is 8.94. The zero-order valence-electron chi connectivity index (χ0n) is 23.8. The predicted octanol–water partition coefficient (Wildman–Crippen LogP) is 10.8. The number of fused-ring (bicyclic) bond motifs is 7. The van der Waals surface area contributed by atoms with Crippen molar-refractivity contribution in [1.82, 2.24) is 9.55 Å². The van der Waals surface area contributed by atoms with E-state index in [9.17, 15) is 0 Å². The molecular formula is C39H26N2O2. The van der Waals surface area contributed by atoms with Crippen LogP contribution >= 0.6 is 0 Å². The van der Waals surface area contributed by atoms with Gasteiger partial charge in [0.25, 0.3) is 0 Å². The maximum absolute atomic E-state index is 6.69. The Hall–Kier alpha value is -5.61. The lowest BCUT2D eigenvalue weighted by Crippen LogP contribution is -2.03. The summed E-state index contributed by atoms with van der Waals surface area (Å²) in [5.74, 6) is 0.843. The van der Waals surface area contributed by atoms with Gasteiger partial charge in [0.1, 0.15) is 28.2 Å². The molecule has 9 aromatic rings. The first-order valence-electron chi connectivity index (χ1n) is 14.6. The van der Waals surface area contributed by atoms with E-state index in [1.54, 1.807) is 0 Å². The number of hydrogen-bond donors (Lipinski definition) is 0. The van der Waals surface area contributed by atoms with Gasteiger partial charge in [0, 0.05) is 27.1 Å². The molecule has 0 aliphatic rings. The number of nitrogens with zero attached hydrogens (tertiary/aromatic N) is 2. The summed E-state index contributed by atoms with van der Waals surface area (Å²) in [6.45, 7) is 4.33. The SMILES string of the molecule is Cc1cc2c(oc3ccccc32)c(C)c1-n1c(-c2cccc3c2oc2cc(-c4ccccc4)ccc23)nc2ccccc21. The molecule has 0 amide bonds. The van der Waals surface area contributed by atoms with E-state index in [2.05, 4.69) is 115 Å². The zero-order valence-corrected chi connectivity index (χ0v) is 23.8. The van der Waals surface area contributed by atoms with Gasteiger partial charge in [-0.05, 0) is 73.0 Å². The standard InChI is InChI=1S/C39H26N2O2/c1-23-21-31-27-13-6-9-18-34(27)42-37(31)24(2)36(23)41-33-17-8-7-16-32(33)40-39(41)30-15-10-14-29-28-20-19-26(22-35(28)43-38(29)30)25-11-4-3-5-12-25/h3-22H,1-2H3. The lowest BCUT2D eigenvalue weighted by atomic mass is 10.0. The number of furan rings is 2. The molecule has 43 heavy (non-hydrogen) atoms. The summed E-state index contributed by atoms with van der Waals surface area (Å²) in [6.07, 6.45) is 0. The molecule has 0 aliphatic heterocycles. The molecule has 3 aromatic heterocycles.